The molecule has 0 bridgehead atoms. The van der Waals surface area contributed by atoms with E-state index >= 15 is 0 Å². The third kappa shape index (κ3) is 3.76. The lowest BCUT2D eigenvalue weighted by Crippen LogP contribution is -2.33. The molecule has 98 valence electrons. The van der Waals surface area contributed by atoms with Gasteiger partial charge in [0.15, 0.2) is 0 Å². The van der Waals surface area contributed by atoms with Crippen molar-refractivity contribution in [2.45, 2.75) is 26.3 Å². The SMILES string of the molecule is CC(C)N(CCC(=O)O)c1cccc(C(=O)O)c1. The molecule has 1 rings (SSSR count). The van der Waals surface area contributed by atoms with Crippen LogP contribution in [0.15, 0.2) is 24.3 Å². The zero-order valence-corrected chi connectivity index (χ0v) is 10.5. The predicted octanol–water partition coefficient (Wildman–Crippen LogP) is 2.07. The van der Waals surface area contributed by atoms with Crippen LogP contribution in [0.5, 0.6) is 0 Å². The Labute approximate surface area is 106 Å². The Bertz CT molecular complexity index is 442. The lowest BCUT2D eigenvalue weighted by molar-refractivity contribution is -0.136. The van der Waals surface area contributed by atoms with Crippen LogP contribution in [0.25, 0.3) is 0 Å². The Hall–Kier alpha value is -2.04. The summed E-state index contributed by atoms with van der Waals surface area (Å²) in [6.45, 7) is 4.24. The minimum atomic E-state index is -0.987. The molecule has 0 heterocycles. The van der Waals surface area contributed by atoms with E-state index in [1.807, 2.05) is 18.7 Å². The highest BCUT2D eigenvalue weighted by molar-refractivity contribution is 5.88. The molecule has 0 saturated heterocycles. The fraction of sp³-hybridized carbons (Fsp3) is 0.385. The van der Waals surface area contributed by atoms with Gasteiger partial charge in [0.25, 0.3) is 0 Å². The standard InChI is InChI=1S/C13H17NO4/c1-9(2)14(7-6-12(15)16)11-5-3-4-10(8-11)13(17)18/h3-5,8-9H,6-7H2,1-2H3,(H,15,16)(H,17,18). The average molecular weight is 251 g/mol. The Morgan fingerprint density at radius 2 is 1.94 bits per heavy atom. The zero-order chi connectivity index (χ0) is 13.7. The van der Waals surface area contributed by atoms with Gasteiger partial charge in [-0.05, 0) is 32.0 Å². The summed E-state index contributed by atoms with van der Waals surface area (Å²) >= 11 is 0. The van der Waals surface area contributed by atoms with Gasteiger partial charge in [0.2, 0.25) is 0 Å². The molecule has 0 spiro atoms. The molecule has 0 aromatic heterocycles. The molecule has 0 aliphatic carbocycles. The fourth-order valence-electron chi connectivity index (χ4n) is 1.72. The van der Waals surface area contributed by atoms with Crippen LogP contribution in [0.4, 0.5) is 5.69 Å². The Morgan fingerprint density at radius 1 is 1.28 bits per heavy atom. The largest absolute Gasteiger partial charge is 0.481 e. The molecular weight excluding hydrogens is 234 g/mol. The molecule has 0 aliphatic rings. The van der Waals surface area contributed by atoms with Gasteiger partial charge in [-0.3, -0.25) is 4.79 Å². The number of hydrogen-bond acceptors (Lipinski definition) is 3. The molecule has 0 unspecified atom stereocenters. The van der Waals surface area contributed by atoms with Gasteiger partial charge in [0, 0.05) is 18.3 Å². The minimum Gasteiger partial charge on any atom is -0.481 e. The fourth-order valence-corrected chi connectivity index (χ4v) is 1.72. The van der Waals surface area contributed by atoms with Gasteiger partial charge in [-0.15, -0.1) is 0 Å². The van der Waals surface area contributed by atoms with Gasteiger partial charge in [0.1, 0.15) is 0 Å². The number of carboxylic acids is 2. The van der Waals surface area contributed by atoms with E-state index in [9.17, 15) is 9.59 Å². The second-order valence-electron chi connectivity index (χ2n) is 4.29. The van der Waals surface area contributed by atoms with Crippen molar-refractivity contribution in [3.63, 3.8) is 0 Å². The molecule has 5 nitrogen and oxygen atoms in total. The van der Waals surface area contributed by atoms with Gasteiger partial charge >= 0.3 is 11.9 Å². The number of hydrogen-bond donors (Lipinski definition) is 2. The Morgan fingerprint density at radius 3 is 2.44 bits per heavy atom. The van der Waals surface area contributed by atoms with E-state index in [0.29, 0.717) is 6.54 Å². The quantitative estimate of drug-likeness (QED) is 0.809. The maximum atomic E-state index is 10.9. The number of benzene rings is 1. The van der Waals surface area contributed by atoms with Crippen LogP contribution < -0.4 is 4.90 Å². The summed E-state index contributed by atoms with van der Waals surface area (Å²) in [6.07, 6.45) is 0.0233. The first-order chi connectivity index (χ1) is 8.41. The van der Waals surface area contributed by atoms with Gasteiger partial charge in [-0.25, -0.2) is 4.79 Å². The summed E-state index contributed by atoms with van der Waals surface area (Å²) < 4.78 is 0. The molecule has 0 amide bonds. The number of rotatable bonds is 6. The van der Waals surface area contributed by atoms with Crippen LogP contribution in [-0.4, -0.2) is 34.7 Å². The van der Waals surface area contributed by atoms with Crippen LogP contribution in [0.2, 0.25) is 0 Å². The number of aliphatic carboxylic acids is 1. The highest BCUT2D eigenvalue weighted by atomic mass is 16.4. The first-order valence-electron chi connectivity index (χ1n) is 5.73. The van der Waals surface area contributed by atoms with Crippen LogP contribution in [0, 0.1) is 0 Å². The smallest absolute Gasteiger partial charge is 0.335 e. The Kier molecular flexibility index (Phi) is 4.71. The third-order valence-corrected chi connectivity index (χ3v) is 2.61. The van der Waals surface area contributed by atoms with E-state index in [0.717, 1.165) is 5.69 Å². The topological polar surface area (TPSA) is 77.8 Å². The summed E-state index contributed by atoms with van der Waals surface area (Å²) in [5, 5.41) is 17.6. The first-order valence-corrected chi connectivity index (χ1v) is 5.73. The number of carbonyl (C=O) groups is 2. The summed E-state index contributed by atoms with van der Waals surface area (Å²) in [7, 11) is 0. The third-order valence-electron chi connectivity index (χ3n) is 2.61. The van der Waals surface area contributed by atoms with E-state index in [-0.39, 0.29) is 18.0 Å². The molecule has 5 heteroatoms. The molecular formula is C13H17NO4. The summed E-state index contributed by atoms with van der Waals surface area (Å²) in [6, 6.07) is 6.63. The second kappa shape index (κ2) is 6.05. The maximum Gasteiger partial charge on any atom is 0.335 e. The van der Waals surface area contributed by atoms with Gasteiger partial charge in [-0.2, -0.15) is 0 Å². The number of aromatic carboxylic acids is 1. The van der Waals surface area contributed by atoms with Crippen LogP contribution in [-0.2, 0) is 4.79 Å². The maximum absolute atomic E-state index is 10.9. The van der Waals surface area contributed by atoms with Gasteiger partial charge in [-0.1, -0.05) is 6.07 Å². The van der Waals surface area contributed by atoms with Crippen LogP contribution in [0.3, 0.4) is 0 Å². The Balaban J connectivity index is 2.94. The molecule has 1 aromatic rings. The van der Waals surface area contributed by atoms with E-state index in [1.165, 1.54) is 6.07 Å². The highest BCUT2D eigenvalue weighted by Gasteiger charge is 2.13. The van der Waals surface area contributed by atoms with Crippen molar-refractivity contribution >= 4 is 17.6 Å². The molecule has 0 atom stereocenters. The van der Waals surface area contributed by atoms with Gasteiger partial charge in [0.05, 0.1) is 12.0 Å². The lowest BCUT2D eigenvalue weighted by Gasteiger charge is -2.28. The molecule has 0 aliphatic heterocycles. The van der Waals surface area contributed by atoms with Gasteiger partial charge < -0.3 is 15.1 Å². The van der Waals surface area contributed by atoms with Crippen LogP contribution >= 0.6 is 0 Å². The monoisotopic (exact) mass is 251 g/mol. The van der Waals surface area contributed by atoms with E-state index < -0.39 is 11.9 Å². The molecule has 2 N–H and O–H groups in total. The van der Waals surface area contributed by atoms with Crippen LogP contribution in [0.1, 0.15) is 30.6 Å². The van der Waals surface area contributed by atoms with E-state index in [4.69, 9.17) is 10.2 Å². The van der Waals surface area contributed by atoms with Crippen molar-refractivity contribution in [1.29, 1.82) is 0 Å². The molecule has 0 radical (unpaired) electrons. The lowest BCUT2D eigenvalue weighted by atomic mass is 10.1. The summed E-state index contributed by atoms with van der Waals surface area (Å²) in [5.74, 6) is -1.85. The molecule has 18 heavy (non-hydrogen) atoms. The predicted molar refractivity (Wildman–Crippen MR) is 68.1 cm³/mol. The first kappa shape index (κ1) is 14.0. The summed E-state index contributed by atoms with van der Waals surface area (Å²) in [5.41, 5.74) is 0.930. The average Bonchev–Trinajstić information content (AvgIpc) is 2.28. The van der Waals surface area contributed by atoms with Crippen molar-refractivity contribution in [3.05, 3.63) is 29.8 Å². The van der Waals surface area contributed by atoms with E-state index in [1.54, 1.807) is 18.2 Å². The highest BCUT2D eigenvalue weighted by Crippen LogP contribution is 2.19. The normalized spacial score (nSPS) is 10.4. The van der Waals surface area contributed by atoms with Crippen molar-refractivity contribution in [3.8, 4) is 0 Å². The van der Waals surface area contributed by atoms with Crippen molar-refractivity contribution in [2.24, 2.45) is 0 Å². The minimum absolute atomic E-state index is 0.0233. The number of anilines is 1. The number of nitrogens with zero attached hydrogens (tertiary/aromatic N) is 1. The number of carboxylic acid groups (broad SMARTS) is 2. The van der Waals surface area contributed by atoms with Crippen molar-refractivity contribution in [2.75, 3.05) is 11.4 Å². The van der Waals surface area contributed by atoms with Crippen molar-refractivity contribution < 1.29 is 19.8 Å². The molecule has 0 saturated carbocycles. The molecule has 0 fully saturated rings. The van der Waals surface area contributed by atoms with Crippen molar-refractivity contribution in [1.82, 2.24) is 0 Å². The summed E-state index contributed by atoms with van der Waals surface area (Å²) in [4.78, 5) is 23.4. The second-order valence-corrected chi connectivity index (χ2v) is 4.29. The van der Waals surface area contributed by atoms with E-state index in [2.05, 4.69) is 0 Å². The molecule has 1 aromatic carbocycles. The zero-order valence-electron chi connectivity index (χ0n) is 10.5.